The lowest BCUT2D eigenvalue weighted by molar-refractivity contribution is -0.124. The molecule has 0 aromatic carbocycles. The topological polar surface area (TPSA) is 87.2 Å². The Labute approximate surface area is 146 Å². The number of amides is 2. The highest BCUT2D eigenvalue weighted by molar-refractivity contribution is 5.94. The van der Waals surface area contributed by atoms with Gasteiger partial charge >= 0.3 is 0 Å². The number of carbonyl (C=O) groups is 2. The number of carbonyl (C=O) groups excluding carboxylic acids is 2. The summed E-state index contributed by atoms with van der Waals surface area (Å²) >= 11 is 0. The summed E-state index contributed by atoms with van der Waals surface area (Å²) in [6, 6.07) is 6.98. The van der Waals surface area contributed by atoms with Gasteiger partial charge in [0.15, 0.2) is 0 Å². The molecule has 2 atom stereocenters. The molecule has 0 saturated carbocycles. The van der Waals surface area contributed by atoms with Gasteiger partial charge in [-0.1, -0.05) is 6.07 Å². The molecule has 2 aromatic rings. The Morgan fingerprint density at radius 2 is 1.96 bits per heavy atom. The third-order valence-electron chi connectivity index (χ3n) is 4.37. The fourth-order valence-electron chi connectivity index (χ4n) is 3.12. The molecule has 0 spiro atoms. The Morgan fingerprint density at radius 3 is 2.64 bits per heavy atom. The third kappa shape index (κ3) is 4.19. The molecule has 7 nitrogen and oxygen atoms in total. The average Bonchev–Trinajstić information content (AvgIpc) is 3.04. The predicted molar refractivity (Wildman–Crippen MR) is 92.6 cm³/mol. The monoisotopic (exact) mass is 339 g/mol. The van der Waals surface area contributed by atoms with Crippen molar-refractivity contribution in [3.05, 3.63) is 60.2 Å². The molecule has 3 heterocycles. The molecule has 7 heteroatoms. The van der Waals surface area contributed by atoms with E-state index in [9.17, 15) is 9.59 Å². The highest BCUT2D eigenvalue weighted by atomic mass is 16.2. The van der Waals surface area contributed by atoms with Crippen LogP contribution in [-0.4, -0.2) is 52.9 Å². The minimum absolute atomic E-state index is 0.0614. The molecular formula is C18H21N5O2. The number of rotatable bonds is 5. The zero-order valence-electron chi connectivity index (χ0n) is 14.1. The second kappa shape index (κ2) is 7.85. The predicted octanol–water partition coefficient (Wildman–Crippen LogP) is 0.453. The molecule has 2 aromatic heterocycles. The summed E-state index contributed by atoms with van der Waals surface area (Å²) in [7, 11) is 1.62. The number of likely N-dealkylation sites (tertiary alicyclic amines) is 1. The molecule has 0 unspecified atom stereocenters. The van der Waals surface area contributed by atoms with E-state index in [4.69, 9.17) is 0 Å². The summed E-state index contributed by atoms with van der Waals surface area (Å²) in [5.41, 5.74) is 1.62. The fraction of sp³-hybridized carbons (Fsp3) is 0.333. The Bertz CT molecular complexity index is 723. The first-order valence-electron chi connectivity index (χ1n) is 8.21. The first-order valence-corrected chi connectivity index (χ1v) is 8.21. The van der Waals surface area contributed by atoms with Gasteiger partial charge in [-0.2, -0.15) is 0 Å². The van der Waals surface area contributed by atoms with E-state index < -0.39 is 0 Å². The van der Waals surface area contributed by atoms with E-state index in [1.807, 2.05) is 18.3 Å². The van der Waals surface area contributed by atoms with Gasteiger partial charge in [-0.05, 0) is 23.8 Å². The van der Waals surface area contributed by atoms with Gasteiger partial charge in [-0.3, -0.25) is 24.5 Å². The SMILES string of the molecule is CNC(=O)[C@H]1CN(Cc2cccnc2)C[C@@H]1NC(=O)c1ccncc1. The molecule has 0 aliphatic carbocycles. The van der Waals surface area contributed by atoms with E-state index in [2.05, 4.69) is 25.5 Å². The van der Waals surface area contributed by atoms with Gasteiger partial charge in [0.1, 0.15) is 0 Å². The number of aromatic nitrogens is 2. The van der Waals surface area contributed by atoms with E-state index in [0.29, 0.717) is 25.2 Å². The molecule has 0 radical (unpaired) electrons. The zero-order chi connectivity index (χ0) is 17.6. The normalized spacial score (nSPS) is 20.2. The minimum atomic E-state index is -0.285. The second-order valence-corrected chi connectivity index (χ2v) is 6.09. The summed E-state index contributed by atoms with van der Waals surface area (Å²) in [5, 5.41) is 5.69. The van der Waals surface area contributed by atoms with Crippen molar-refractivity contribution in [2.24, 2.45) is 5.92 Å². The molecule has 1 fully saturated rings. The van der Waals surface area contributed by atoms with Crippen LogP contribution in [0.25, 0.3) is 0 Å². The Morgan fingerprint density at radius 1 is 1.16 bits per heavy atom. The molecule has 130 valence electrons. The number of nitrogens with one attached hydrogen (secondary N) is 2. The lowest BCUT2D eigenvalue weighted by Crippen LogP contribution is -2.45. The maximum absolute atomic E-state index is 12.4. The maximum Gasteiger partial charge on any atom is 0.251 e. The molecule has 2 N–H and O–H groups in total. The van der Waals surface area contributed by atoms with Gasteiger partial charge < -0.3 is 10.6 Å². The summed E-state index contributed by atoms with van der Waals surface area (Å²) in [4.78, 5) is 34.9. The van der Waals surface area contributed by atoms with Gasteiger partial charge in [0.25, 0.3) is 5.91 Å². The van der Waals surface area contributed by atoms with Crippen molar-refractivity contribution >= 4 is 11.8 Å². The number of hydrogen-bond acceptors (Lipinski definition) is 5. The van der Waals surface area contributed by atoms with Crippen molar-refractivity contribution < 1.29 is 9.59 Å². The largest absolute Gasteiger partial charge is 0.359 e. The zero-order valence-corrected chi connectivity index (χ0v) is 14.1. The highest BCUT2D eigenvalue weighted by Gasteiger charge is 2.38. The summed E-state index contributed by atoms with van der Waals surface area (Å²) in [6.07, 6.45) is 6.71. The Kier molecular flexibility index (Phi) is 5.35. The number of hydrogen-bond donors (Lipinski definition) is 2. The van der Waals surface area contributed by atoms with Gasteiger partial charge in [0.05, 0.1) is 12.0 Å². The van der Waals surface area contributed by atoms with Crippen molar-refractivity contribution in [1.82, 2.24) is 25.5 Å². The summed E-state index contributed by atoms with van der Waals surface area (Å²) < 4.78 is 0. The van der Waals surface area contributed by atoms with E-state index in [-0.39, 0.29) is 23.8 Å². The molecule has 1 aliphatic heterocycles. The molecule has 2 amide bonds. The highest BCUT2D eigenvalue weighted by Crippen LogP contribution is 2.20. The molecule has 25 heavy (non-hydrogen) atoms. The smallest absolute Gasteiger partial charge is 0.251 e. The van der Waals surface area contributed by atoms with Crippen LogP contribution in [-0.2, 0) is 11.3 Å². The minimum Gasteiger partial charge on any atom is -0.359 e. The van der Waals surface area contributed by atoms with Crippen LogP contribution in [0.2, 0.25) is 0 Å². The van der Waals surface area contributed by atoms with Crippen molar-refractivity contribution in [2.45, 2.75) is 12.6 Å². The van der Waals surface area contributed by atoms with Crippen LogP contribution in [0.5, 0.6) is 0 Å². The number of pyridine rings is 2. The lowest BCUT2D eigenvalue weighted by Gasteiger charge is -2.18. The molecule has 1 aliphatic rings. The first-order chi connectivity index (χ1) is 12.2. The van der Waals surface area contributed by atoms with Crippen LogP contribution < -0.4 is 10.6 Å². The lowest BCUT2D eigenvalue weighted by atomic mass is 10.0. The summed E-state index contributed by atoms with van der Waals surface area (Å²) in [6.45, 7) is 1.91. The quantitative estimate of drug-likeness (QED) is 0.826. The summed E-state index contributed by atoms with van der Waals surface area (Å²) in [5.74, 6) is -0.536. The molecule has 1 saturated heterocycles. The van der Waals surface area contributed by atoms with Crippen LogP contribution in [0.4, 0.5) is 0 Å². The van der Waals surface area contributed by atoms with Crippen LogP contribution in [0.1, 0.15) is 15.9 Å². The Balaban J connectivity index is 1.69. The second-order valence-electron chi connectivity index (χ2n) is 6.09. The number of nitrogens with zero attached hydrogens (tertiary/aromatic N) is 3. The van der Waals surface area contributed by atoms with Crippen LogP contribution in [0, 0.1) is 5.92 Å². The van der Waals surface area contributed by atoms with E-state index in [1.54, 1.807) is 37.8 Å². The van der Waals surface area contributed by atoms with E-state index >= 15 is 0 Å². The fourth-order valence-corrected chi connectivity index (χ4v) is 3.12. The van der Waals surface area contributed by atoms with Crippen molar-refractivity contribution in [2.75, 3.05) is 20.1 Å². The van der Waals surface area contributed by atoms with Crippen molar-refractivity contribution in [1.29, 1.82) is 0 Å². The maximum atomic E-state index is 12.4. The standard InChI is InChI=1S/C18H21N5O2/c1-19-18(25)15-11-23(10-13-3-2-6-21-9-13)12-16(15)22-17(24)14-4-7-20-8-5-14/h2-9,15-16H,10-12H2,1H3,(H,19,25)(H,22,24)/t15-,16-/m0/s1. The van der Waals surface area contributed by atoms with E-state index in [1.165, 1.54) is 0 Å². The molecule has 3 rings (SSSR count). The molecular weight excluding hydrogens is 318 g/mol. The van der Waals surface area contributed by atoms with Crippen LogP contribution >= 0.6 is 0 Å². The van der Waals surface area contributed by atoms with Crippen LogP contribution in [0.3, 0.4) is 0 Å². The van der Waals surface area contributed by atoms with Gasteiger partial charge in [0.2, 0.25) is 5.91 Å². The van der Waals surface area contributed by atoms with Crippen molar-refractivity contribution in [3.8, 4) is 0 Å². The van der Waals surface area contributed by atoms with E-state index in [0.717, 1.165) is 5.56 Å². The van der Waals surface area contributed by atoms with Gasteiger partial charge in [0, 0.05) is 57.0 Å². The first kappa shape index (κ1) is 17.0. The van der Waals surface area contributed by atoms with Gasteiger partial charge in [-0.25, -0.2) is 0 Å². The average molecular weight is 339 g/mol. The van der Waals surface area contributed by atoms with Gasteiger partial charge in [-0.15, -0.1) is 0 Å². The Hall–Kier alpha value is -2.80. The third-order valence-corrected chi connectivity index (χ3v) is 4.37. The van der Waals surface area contributed by atoms with Crippen molar-refractivity contribution in [3.63, 3.8) is 0 Å². The van der Waals surface area contributed by atoms with Crippen LogP contribution in [0.15, 0.2) is 49.1 Å². The molecule has 0 bridgehead atoms.